The molecule has 13 nitrogen and oxygen atoms in total. The van der Waals surface area contributed by atoms with Crippen molar-refractivity contribution < 1.29 is 36.0 Å². The Labute approximate surface area is 362 Å². The maximum Gasteiger partial charge on any atom is 0.262 e. The molecule has 12 rings (SSSR count). The number of ketones is 1. The molecule has 9 atom stereocenters. The van der Waals surface area contributed by atoms with Gasteiger partial charge in [0.15, 0.2) is 20.4 Å². The van der Waals surface area contributed by atoms with Gasteiger partial charge in [0.05, 0.1) is 40.3 Å². The number of carbonyl (C=O) groups excluding carboxylic acids is 4. The van der Waals surface area contributed by atoms with Crippen LogP contribution in [0.15, 0.2) is 48.5 Å². The van der Waals surface area contributed by atoms with E-state index in [1.807, 2.05) is 24.3 Å². The van der Waals surface area contributed by atoms with Gasteiger partial charge >= 0.3 is 0 Å². The van der Waals surface area contributed by atoms with Gasteiger partial charge in [0.2, 0.25) is 26.0 Å². The molecule has 2 aromatic rings. The number of hydrogen-bond acceptors (Lipinski definition) is 12. The van der Waals surface area contributed by atoms with Crippen molar-refractivity contribution in [3.05, 3.63) is 59.7 Å². The number of amides is 3. The molecular weight excluding hydrogens is 887 g/mol. The summed E-state index contributed by atoms with van der Waals surface area (Å²) in [5, 5.41) is 0. The van der Waals surface area contributed by atoms with E-state index in [9.17, 15) is 0 Å². The van der Waals surface area contributed by atoms with Gasteiger partial charge in [0.25, 0.3) is 11.8 Å². The minimum Gasteiger partial charge on any atom is -0.322 e. The van der Waals surface area contributed by atoms with Gasteiger partial charge in [-0.1, -0.05) is 106 Å². The van der Waals surface area contributed by atoms with Crippen LogP contribution in [-0.4, -0.2) is 120 Å². The second kappa shape index (κ2) is 12.0. The molecule has 4 bridgehead atoms. The van der Waals surface area contributed by atoms with E-state index in [0.717, 1.165) is 0 Å². The van der Waals surface area contributed by atoms with Crippen LogP contribution in [0.2, 0.25) is 25.7 Å². The van der Waals surface area contributed by atoms with Gasteiger partial charge in [-0.2, -0.15) is 0 Å². The van der Waals surface area contributed by atoms with Gasteiger partial charge in [0, 0.05) is 34.0 Å². The normalized spacial score (nSPS) is 39.2. The Bertz CT molecular complexity index is 2560. The first kappa shape index (κ1) is 40.7. The number of piperidine rings is 1. The Morgan fingerprint density at radius 2 is 1.25 bits per heavy atom. The summed E-state index contributed by atoms with van der Waals surface area (Å²) in [5.41, 5.74) is -1.19. The van der Waals surface area contributed by atoms with Crippen LogP contribution >= 0.6 is 43.2 Å². The molecule has 59 heavy (non-hydrogen) atoms. The van der Waals surface area contributed by atoms with Gasteiger partial charge in [-0.15, -0.1) is 0 Å². The Kier molecular flexibility index (Phi) is 8.28. The molecule has 316 valence electrons. The van der Waals surface area contributed by atoms with Crippen molar-refractivity contribution in [2.45, 2.75) is 108 Å². The highest BCUT2D eigenvalue weighted by Gasteiger charge is 2.90. The number of sulfonamides is 2. The third-order valence-electron chi connectivity index (χ3n) is 14.8. The molecule has 20 heteroatoms. The molecular formula is C39H47N5O8S6Si. The lowest BCUT2D eigenvalue weighted by atomic mass is 9.53. The fourth-order valence-corrected chi connectivity index (χ4v) is 25.7. The molecule has 0 radical (unpaired) electrons. The molecule has 9 aliphatic heterocycles. The third kappa shape index (κ3) is 4.45. The first-order valence-electron chi connectivity index (χ1n) is 19.9. The number of likely N-dealkylation sites (N-methyl/N-ethyl adjacent to an activating group) is 2. The van der Waals surface area contributed by atoms with Crippen molar-refractivity contribution in [1.82, 2.24) is 14.7 Å². The molecule has 1 aliphatic carbocycles. The highest BCUT2D eigenvalue weighted by Crippen LogP contribution is 2.81. The smallest absolute Gasteiger partial charge is 0.262 e. The summed E-state index contributed by atoms with van der Waals surface area (Å²) in [6.45, 7) is 11.5. The standard InChI is InChI=1S/C39H47N5O8S6Si/c1-9-18-57(49,50)44-26-17-13-11-15-24(26)37(22-39-33(48)41(5)35(3,54-56-39)31(46)42(39)30(37)44)36-21-38-27(29(45)34(2,53-55-38)40(4)32(38)47)28(36)43(25-16-12-10-14-23(25)36)58(51,52)19-20-59(6,7)8/h10-17,27-28,30H,9,18-22H2,1-8H3/t27?,28-,30+,34+,35+,36+,37?,38-,39+/m1/s1. The number of Topliss-reactive ketones (excluding diaryl/α,β-unsaturated/α-hetero) is 1. The fraction of sp³-hybridized carbons (Fsp3) is 0.590. The highest BCUT2D eigenvalue weighted by atomic mass is 33.1. The van der Waals surface area contributed by atoms with Crippen LogP contribution in [0.1, 0.15) is 51.2 Å². The van der Waals surface area contributed by atoms with Gasteiger partial charge in [-0.3, -0.25) is 28.4 Å². The Morgan fingerprint density at radius 1 is 0.695 bits per heavy atom. The molecule has 1 saturated carbocycles. The Hall–Kier alpha value is -2.36. The van der Waals surface area contributed by atoms with Crippen molar-refractivity contribution in [2.75, 3.05) is 34.2 Å². The van der Waals surface area contributed by atoms with E-state index in [1.165, 1.54) is 66.5 Å². The molecule has 3 amide bonds. The van der Waals surface area contributed by atoms with Crippen LogP contribution in [0.3, 0.4) is 0 Å². The van der Waals surface area contributed by atoms with Crippen molar-refractivity contribution in [1.29, 1.82) is 0 Å². The molecule has 2 spiro atoms. The summed E-state index contributed by atoms with van der Waals surface area (Å²) in [5.74, 6) is -2.89. The number of para-hydroxylation sites is 2. The predicted octanol–water partition coefficient (Wildman–Crippen LogP) is 5.03. The monoisotopic (exact) mass is 933 g/mol. The number of anilines is 2. The van der Waals surface area contributed by atoms with E-state index in [1.54, 1.807) is 59.1 Å². The molecule has 0 N–H and O–H groups in total. The number of fused-ring (bicyclic) bond motifs is 11. The van der Waals surface area contributed by atoms with E-state index in [0.29, 0.717) is 28.5 Å². The minimum atomic E-state index is -4.23. The Balaban J connectivity index is 1.36. The van der Waals surface area contributed by atoms with Gasteiger partial charge in [0.1, 0.15) is 10.9 Å². The summed E-state index contributed by atoms with van der Waals surface area (Å²) >= 11 is 0. The number of hydrogen-bond donors (Lipinski definition) is 0. The molecule has 10 aliphatic rings. The topological polar surface area (TPSA) is 153 Å². The van der Waals surface area contributed by atoms with Crippen LogP contribution in [0, 0.1) is 5.92 Å². The molecule has 8 fully saturated rings. The zero-order valence-corrected chi connectivity index (χ0v) is 39.9. The summed E-state index contributed by atoms with van der Waals surface area (Å²) in [6.07, 6.45) is -1.17. The lowest BCUT2D eigenvalue weighted by Gasteiger charge is -2.58. The van der Waals surface area contributed by atoms with Crippen LogP contribution < -0.4 is 8.61 Å². The first-order chi connectivity index (χ1) is 27.5. The van der Waals surface area contributed by atoms with E-state index in [4.69, 9.17) is 0 Å². The highest BCUT2D eigenvalue weighted by molar-refractivity contribution is 8.78. The summed E-state index contributed by atoms with van der Waals surface area (Å²) in [4.78, 5) is 61.4. The van der Waals surface area contributed by atoms with Crippen LogP contribution in [0.5, 0.6) is 0 Å². The van der Waals surface area contributed by atoms with Crippen LogP contribution in [-0.2, 0) is 50.1 Å². The van der Waals surface area contributed by atoms with Crippen molar-refractivity contribution >= 4 is 106 Å². The molecule has 2 unspecified atom stereocenters. The Morgan fingerprint density at radius 3 is 1.88 bits per heavy atom. The van der Waals surface area contributed by atoms with Crippen LogP contribution in [0.4, 0.5) is 11.4 Å². The van der Waals surface area contributed by atoms with Crippen LogP contribution in [0.25, 0.3) is 0 Å². The van der Waals surface area contributed by atoms with Gasteiger partial charge in [-0.05, 0) is 56.0 Å². The average molecular weight is 934 g/mol. The van der Waals surface area contributed by atoms with Crippen molar-refractivity contribution in [3.63, 3.8) is 0 Å². The van der Waals surface area contributed by atoms with E-state index in [2.05, 4.69) is 19.6 Å². The average Bonchev–Trinajstić information content (AvgIpc) is 3.85. The maximum atomic E-state index is 15.5. The maximum absolute atomic E-state index is 15.5. The fourth-order valence-electron chi connectivity index (χ4n) is 11.9. The molecule has 2 aromatic carbocycles. The number of nitrogens with zero attached hydrogens (tertiary/aromatic N) is 5. The van der Waals surface area contributed by atoms with E-state index < -0.39 is 82.3 Å². The van der Waals surface area contributed by atoms with E-state index in [-0.39, 0.29) is 48.4 Å². The van der Waals surface area contributed by atoms with Gasteiger partial charge < -0.3 is 9.80 Å². The predicted molar refractivity (Wildman–Crippen MR) is 238 cm³/mol. The van der Waals surface area contributed by atoms with Crippen molar-refractivity contribution in [2.24, 2.45) is 5.92 Å². The first-order valence-corrected chi connectivity index (χ1v) is 31.1. The second-order valence-corrected chi connectivity index (χ2v) is 34.1. The minimum absolute atomic E-state index is 0.0290. The third-order valence-corrected chi connectivity index (χ3v) is 28.1. The summed E-state index contributed by atoms with van der Waals surface area (Å²) in [7, 11) is -2.02. The lowest BCUT2D eigenvalue weighted by molar-refractivity contribution is -0.163. The quantitative estimate of drug-likeness (QED) is 0.258. The molecule has 7 saturated heterocycles. The zero-order chi connectivity index (χ0) is 42.5. The summed E-state index contributed by atoms with van der Waals surface area (Å²) < 4.78 is 62.4. The number of rotatable bonds is 8. The summed E-state index contributed by atoms with van der Waals surface area (Å²) in [6, 6.07) is 13.6. The van der Waals surface area contributed by atoms with Gasteiger partial charge in [-0.25, -0.2) is 21.1 Å². The molecule has 9 heterocycles. The number of carbonyl (C=O) groups is 4. The second-order valence-electron chi connectivity index (χ2n) is 18.9. The number of benzene rings is 2. The zero-order valence-electron chi connectivity index (χ0n) is 34.0. The van der Waals surface area contributed by atoms with Crippen molar-refractivity contribution in [3.8, 4) is 0 Å². The SMILES string of the molecule is CCCS(=O)(=O)N1c2ccccc2C2([C@]34C[C@@]56SS[C@@](C)(C(=O)C5[C@H]3N(S(=O)(=O)CC[Si](C)(C)C)c3ccccc34)N(C)C6=O)C[C@@]34SS[C@@](C)(C(=O)N3[C@@H]12)N(C)C4=O. The molecule has 0 aromatic heterocycles. The lowest BCUT2D eigenvalue weighted by Crippen LogP contribution is -2.76. The van der Waals surface area contributed by atoms with E-state index >= 15 is 36.0 Å². The number of piperazine rings is 1. The largest absolute Gasteiger partial charge is 0.322 e.